The first-order valence-electron chi connectivity index (χ1n) is 10.7. The third kappa shape index (κ3) is 5.23. The second kappa shape index (κ2) is 9.37. The molecule has 0 spiro atoms. The van der Waals surface area contributed by atoms with Crippen molar-refractivity contribution in [3.05, 3.63) is 71.9 Å². The Morgan fingerprint density at radius 1 is 1.17 bits per heavy atom. The van der Waals surface area contributed by atoms with Crippen LogP contribution in [0.1, 0.15) is 24.1 Å². The van der Waals surface area contributed by atoms with Crippen molar-refractivity contribution in [2.75, 3.05) is 25.0 Å². The van der Waals surface area contributed by atoms with Gasteiger partial charge in [-0.1, -0.05) is 48.5 Å². The highest BCUT2D eigenvalue weighted by molar-refractivity contribution is 5.91. The predicted molar refractivity (Wildman–Crippen MR) is 120 cm³/mol. The highest BCUT2D eigenvalue weighted by Crippen LogP contribution is 2.20. The number of nitrogens with zero attached hydrogens (tertiary/aromatic N) is 2. The summed E-state index contributed by atoms with van der Waals surface area (Å²) in [7, 11) is 0. The molecule has 1 aromatic heterocycles. The largest absolute Gasteiger partial charge is 0.391 e. The number of aliphatic hydroxyl groups is 1. The van der Waals surface area contributed by atoms with Crippen molar-refractivity contribution < 1.29 is 9.90 Å². The molecular formula is C25H29N3O2. The van der Waals surface area contributed by atoms with Crippen LogP contribution >= 0.6 is 0 Å². The highest BCUT2D eigenvalue weighted by atomic mass is 16.3. The van der Waals surface area contributed by atoms with Crippen LogP contribution in [0.4, 0.5) is 5.82 Å². The first-order valence-corrected chi connectivity index (χ1v) is 10.7. The van der Waals surface area contributed by atoms with Crippen molar-refractivity contribution in [1.29, 1.82) is 0 Å². The highest BCUT2D eigenvalue weighted by Gasteiger charge is 2.27. The third-order valence-electron chi connectivity index (χ3n) is 5.77. The van der Waals surface area contributed by atoms with Gasteiger partial charge in [0, 0.05) is 18.8 Å². The first kappa shape index (κ1) is 20.5. The molecule has 0 bridgehead atoms. The Kier molecular flexibility index (Phi) is 6.41. The number of aromatic nitrogens is 1. The lowest BCUT2D eigenvalue weighted by molar-refractivity contribution is -0.121. The topological polar surface area (TPSA) is 65.5 Å². The van der Waals surface area contributed by atoms with E-state index in [1.165, 1.54) is 10.8 Å². The van der Waals surface area contributed by atoms with Gasteiger partial charge in [0.05, 0.1) is 12.0 Å². The quantitative estimate of drug-likeness (QED) is 0.657. The van der Waals surface area contributed by atoms with E-state index in [-0.39, 0.29) is 11.8 Å². The van der Waals surface area contributed by atoms with Crippen LogP contribution in [0.3, 0.4) is 0 Å². The Hall–Kier alpha value is -2.76. The van der Waals surface area contributed by atoms with Gasteiger partial charge in [0.2, 0.25) is 5.91 Å². The van der Waals surface area contributed by atoms with Crippen molar-refractivity contribution >= 4 is 22.5 Å². The van der Waals surface area contributed by atoms with Gasteiger partial charge in [-0.2, -0.15) is 0 Å². The van der Waals surface area contributed by atoms with Crippen molar-refractivity contribution in [1.82, 2.24) is 9.88 Å². The summed E-state index contributed by atoms with van der Waals surface area (Å²) in [5, 5.41) is 16.0. The summed E-state index contributed by atoms with van der Waals surface area (Å²) in [6, 6.07) is 20.2. The number of fused-ring (bicyclic) bond motifs is 1. The third-order valence-corrected chi connectivity index (χ3v) is 5.77. The molecule has 1 amide bonds. The average Bonchev–Trinajstić information content (AvgIpc) is 2.74. The van der Waals surface area contributed by atoms with E-state index in [2.05, 4.69) is 45.5 Å². The van der Waals surface area contributed by atoms with Crippen molar-refractivity contribution in [2.45, 2.75) is 32.3 Å². The number of carbonyl (C=O) groups excluding carboxylic acids is 1. The number of aliphatic hydroxyl groups excluding tert-OH is 1. The van der Waals surface area contributed by atoms with Crippen LogP contribution in [0.25, 0.3) is 10.8 Å². The molecule has 1 aliphatic heterocycles. The van der Waals surface area contributed by atoms with Gasteiger partial charge in [-0.15, -0.1) is 0 Å². The van der Waals surface area contributed by atoms with E-state index in [1.54, 1.807) is 0 Å². The van der Waals surface area contributed by atoms with Gasteiger partial charge in [-0.05, 0) is 61.2 Å². The number of carbonyl (C=O) groups is 1. The minimum Gasteiger partial charge on any atom is -0.391 e. The molecule has 2 aromatic carbocycles. The minimum absolute atomic E-state index is 0.0156. The monoisotopic (exact) mass is 403 g/mol. The van der Waals surface area contributed by atoms with Crippen molar-refractivity contribution in [3.63, 3.8) is 0 Å². The number of anilines is 1. The van der Waals surface area contributed by atoms with Gasteiger partial charge in [0.1, 0.15) is 5.82 Å². The molecule has 2 atom stereocenters. The van der Waals surface area contributed by atoms with E-state index < -0.39 is 6.10 Å². The van der Waals surface area contributed by atoms with Gasteiger partial charge in [-0.3, -0.25) is 9.69 Å². The molecule has 4 rings (SSSR count). The van der Waals surface area contributed by atoms with Crippen LogP contribution in [0, 0.1) is 12.8 Å². The number of hydrogen-bond donors (Lipinski definition) is 2. The van der Waals surface area contributed by atoms with Crippen molar-refractivity contribution in [3.8, 4) is 0 Å². The van der Waals surface area contributed by atoms with E-state index in [9.17, 15) is 9.90 Å². The van der Waals surface area contributed by atoms with Gasteiger partial charge >= 0.3 is 0 Å². The van der Waals surface area contributed by atoms with E-state index in [0.717, 1.165) is 30.6 Å². The summed E-state index contributed by atoms with van der Waals surface area (Å²) in [4.78, 5) is 19.3. The molecular weight excluding hydrogens is 374 g/mol. The summed E-state index contributed by atoms with van der Waals surface area (Å²) in [5.41, 5.74) is 2.02. The second-order valence-corrected chi connectivity index (χ2v) is 8.29. The molecule has 0 aliphatic carbocycles. The molecule has 30 heavy (non-hydrogen) atoms. The Labute approximate surface area is 177 Å². The van der Waals surface area contributed by atoms with Crippen LogP contribution in [-0.4, -0.2) is 46.6 Å². The molecule has 0 radical (unpaired) electrons. The summed E-state index contributed by atoms with van der Waals surface area (Å²) in [5.74, 6) is 0.546. The van der Waals surface area contributed by atoms with Gasteiger partial charge in [0.25, 0.3) is 0 Å². The molecule has 156 valence electrons. The number of pyridine rings is 1. The van der Waals surface area contributed by atoms with E-state index in [4.69, 9.17) is 0 Å². The number of aryl methyl sites for hydroxylation is 1. The fourth-order valence-corrected chi connectivity index (χ4v) is 4.28. The maximum absolute atomic E-state index is 12.7. The van der Waals surface area contributed by atoms with E-state index in [1.807, 2.05) is 37.3 Å². The number of likely N-dealkylation sites (tertiary alicyclic amines) is 1. The number of β-amino-alcohol motifs (C(OH)–C–C–N with tert-alkyl or cyclic N) is 1. The van der Waals surface area contributed by atoms with Crippen LogP contribution in [0.5, 0.6) is 0 Å². The maximum Gasteiger partial charge on any atom is 0.229 e. The zero-order chi connectivity index (χ0) is 20.9. The normalized spacial score (nSPS) is 18.3. The number of piperidine rings is 1. The zero-order valence-electron chi connectivity index (χ0n) is 17.4. The number of amides is 1. The van der Waals surface area contributed by atoms with E-state index >= 15 is 0 Å². The Balaban J connectivity index is 1.32. The smallest absolute Gasteiger partial charge is 0.229 e. The summed E-state index contributed by atoms with van der Waals surface area (Å²) < 4.78 is 0. The second-order valence-electron chi connectivity index (χ2n) is 8.29. The molecule has 1 saturated heterocycles. The molecule has 2 N–H and O–H groups in total. The summed E-state index contributed by atoms with van der Waals surface area (Å²) >= 11 is 0. The summed E-state index contributed by atoms with van der Waals surface area (Å²) in [6.07, 6.45) is 1.99. The van der Waals surface area contributed by atoms with E-state index in [0.29, 0.717) is 25.3 Å². The lowest BCUT2D eigenvalue weighted by Gasteiger charge is -2.33. The predicted octanol–water partition coefficient (Wildman–Crippen LogP) is 3.80. The van der Waals surface area contributed by atoms with Crippen LogP contribution < -0.4 is 5.32 Å². The number of benzene rings is 2. The average molecular weight is 404 g/mol. The van der Waals surface area contributed by atoms with Crippen molar-refractivity contribution in [2.24, 2.45) is 5.92 Å². The molecule has 5 heteroatoms. The summed E-state index contributed by atoms with van der Waals surface area (Å²) in [6.45, 7) is 4.09. The van der Waals surface area contributed by atoms with Gasteiger partial charge < -0.3 is 10.4 Å². The Morgan fingerprint density at radius 2 is 2.00 bits per heavy atom. The standard InChI is InChI=1S/C25H29N3O2/c1-18-6-4-10-24(26-18)27-25(30)22-9-5-13-28(16-22)17-23(29)15-19-11-12-20-7-2-3-8-21(20)14-19/h2-4,6-8,10-12,14,22-23,29H,5,9,13,15-17H2,1H3,(H,26,27,30)/t22-,23-/m1/s1. The Bertz CT molecular complexity index is 1020. The molecule has 1 fully saturated rings. The molecule has 2 heterocycles. The maximum atomic E-state index is 12.7. The SMILES string of the molecule is Cc1cccc(NC(=O)[C@@H]2CCCN(C[C@H](O)Cc3ccc4ccccc4c3)C2)n1. The fourth-order valence-electron chi connectivity index (χ4n) is 4.28. The molecule has 3 aromatic rings. The van der Waals surface area contributed by atoms with Crippen LogP contribution in [0.2, 0.25) is 0 Å². The molecule has 0 unspecified atom stereocenters. The first-order chi connectivity index (χ1) is 14.6. The van der Waals surface area contributed by atoms with Crippen LogP contribution in [-0.2, 0) is 11.2 Å². The van der Waals surface area contributed by atoms with Gasteiger partial charge in [0.15, 0.2) is 0 Å². The number of hydrogen-bond acceptors (Lipinski definition) is 4. The van der Waals surface area contributed by atoms with Crippen LogP contribution in [0.15, 0.2) is 60.7 Å². The molecule has 0 saturated carbocycles. The minimum atomic E-state index is -0.452. The zero-order valence-corrected chi connectivity index (χ0v) is 17.4. The molecule has 1 aliphatic rings. The lowest BCUT2D eigenvalue weighted by Crippen LogP contribution is -2.44. The molecule has 5 nitrogen and oxygen atoms in total. The van der Waals surface area contributed by atoms with Gasteiger partial charge in [-0.25, -0.2) is 4.98 Å². The Morgan fingerprint density at radius 3 is 2.83 bits per heavy atom. The lowest BCUT2D eigenvalue weighted by atomic mass is 9.96. The number of rotatable bonds is 6. The fraction of sp³-hybridized carbons (Fsp3) is 0.360. The number of nitrogens with one attached hydrogen (secondary N) is 1.